The number of phenols is 2. The number of halogens is 2. The number of benzene rings is 2. The summed E-state index contributed by atoms with van der Waals surface area (Å²) < 4.78 is 0. The molecule has 0 bridgehead atoms. The van der Waals surface area contributed by atoms with Crippen LogP contribution in [0, 0.1) is 6.92 Å². The minimum absolute atomic E-state index is 0.0194. The molecule has 3 N–H and O–H groups in total. The predicted molar refractivity (Wildman–Crippen MR) is 78.9 cm³/mol. The Kier molecular flexibility index (Phi) is 4.06. The first-order valence-electron chi connectivity index (χ1n) is 5.68. The zero-order valence-electron chi connectivity index (χ0n) is 10.4. The van der Waals surface area contributed by atoms with E-state index in [1.54, 1.807) is 19.1 Å². The Bertz CT molecular complexity index is 686. The molecular weight excluding hydrogens is 301 g/mol. The van der Waals surface area contributed by atoms with E-state index in [1.807, 2.05) is 0 Å². The van der Waals surface area contributed by atoms with Crippen LogP contribution < -0.4 is 5.32 Å². The maximum Gasteiger partial charge on any atom is 0.256 e. The molecule has 0 radical (unpaired) electrons. The maximum atomic E-state index is 12.1. The fraction of sp³-hybridized carbons (Fsp3) is 0.0714. The zero-order chi connectivity index (χ0) is 14.9. The molecule has 0 fully saturated rings. The van der Waals surface area contributed by atoms with E-state index >= 15 is 0 Å². The summed E-state index contributed by atoms with van der Waals surface area (Å²) in [5, 5.41) is 22.2. The van der Waals surface area contributed by atoms with E-state index < -0.39 is 5.91 Å². The van der Waals surface area contributed by atoms with E-state index in [2.05, 4.69) is 5.32 Å². The van der Waals surface area contributed by atoms with Crippen molar-refractivity contribution in [2.45, 2.75) is 6.92 Å². The normalized spacial score (nSPS) is 10.3. The first-order valence-corrected chi connectivity index (χ1v) is 6.43. The lowest BCUT2D eigenvalue weighted by atomic mass is 10.1. The second-order valence-corrected chi connectivity index (χ2v) is 5.03. The molecule has 0 saturated heterocycles. The van der Waals surface area contributed by atoms with Crippen LogP contribution in [0.5, 0.6) is 11.5 Å². The largest absolute Gasteiger partial charge is 0.508 e. The van der Waals surface area contributed by atoms with Gasteiger partial charge in [-0.25, -0.2) is 0 Å². The molecule has 0 aliphatic carbocycles. The molecule has 0 atom stereocenters. The number of anilines is 1. The molecular formula is C14H11Cl2NO3. The highest BCUT2D eigenvalue weighted by Crippen LogP contribution is 2.35. The van der Waals surface area contributed by atoms with Gasteiger partial charge in [0.1, 0.15) is 5.75 Å². The summed E-state index contributed by atoms with van der Waals surface area (Å²) in [6, 6.07) is 7.36. The molecule has 20 heavy (non-hydrogen) atoms. The zero-order valence-corrected chi connectivity index (χ0v) is 12.0. The minimum Gasteiger partial charge on any atom is -0.508 e. The first-order chi connectivity index (χ1) is 9.40. The number of phenolic OH excluding ortho intramolecular Hbond substituents is 2. The molecule has 2 rings (SSSR count). The third kappa shape index (κ3) is 2.81. The van der Waals surface area contributed by atoms with Gasteiger partial charge in [0.05, 0.1) is 10.7 Å². The highest BCUT2D eigenvalue weighted by Gasteiger charge is 2.15. The average Bonchev–Trinajstić information content (AvgIpc) is 2.38. The summed E-state index contributed by atoms with van der Waals surface area (Å²) in [5.74, 6) is -0.722. The van der Waals surface area contributed by atoms with Crippen molar-refractivity contribution >= 4 is 34.8 Å². The van der Waals surface area contributed by atoms with Gasteiger partial charge < -0.3 is 15.5 Å². The van der Waals surface area contributed by atoms with Gasteiger partial charge in [-0.05, 0) is 31.2 Å². The second kappa shape index (κ2) is 5.61. The van der Waals surface area contributed by atoms with Crippen molar-refractivity contribution in [1.82, 2.24) is 0 Å². The monoisotopic (exact) mass is 311 g/mol. The van der Waals surface area contributed by atoms with E-state index in [0.717, 1.165) is 0 Å². The quantitative estimate of drug-likeness (QED) is 0.735. The van der Waals surface area contributed by atoms with Gasteiger partial charge in [0.2, 0.25) is 0 Å². The van der Waals surface area contributed by atoms with E-state index in [0.29, 0.717) is 11.1 Å². The summed E-state index contributed by atoms with van der Waals surface area (Å²) in [4.78, 5) is 12.1. The van der Waals surface area contributed by atoms with Crippen LogP contribution in [0.15, 0.2) is 30.3 Å². The third-order valence-corrected chi connectivity index (χ3v) is 3.33. The van der Waals surface area contributed by atoms with Crippen molar-refractivity contribution in [2.24, 2.45) is 0 Å². The summed E-state index contributed by atoms with van der Waals surface area (Å²) in [6.07, 6.45) is 0. The van der Waals surface area contributed by atoms with E-state index in [9.17, 15) is 15.0 Å². The fourth-order valence-corrected chi connectivity index (χ4v) is 2.21. The molecule has 0 unspecified atom stereocenters. The predicted octanol–water partition coefficient (Wildman–Crippen LogP) is 3.97. The summed E-state index contributed by atoms with van der Waals surface area (Å²) >= 11 is 11.6. The lowest BCUT2D eigenvalue weighted by Crippen LogP contribution is -2.13. The second-order valence-electron chi connectivity index (χ2n) is 4.19. The molecule has 0 aromatic heterocycles. The lowest BCUT2D eigenvalue weighted by Gasteiger charge is -2.11. The van der Waals surface area contributed by atoms with Crippen LogP contribution in [0.2, 0.25) is 10.0 Å². The van der Waals surface area contributed by atoms with Crippen LogP contribution in [-0.2, 0) is 0 Å². The van der Waals surface area contributed by atoms with Crippen molar-refractivity contribution in [3.63, 3.8) is 0 Å². The molecule has 0 aliphatic rings. The third-order valence-electron chi connectivity index (χ3n) is 2.83. The van der Waals surface area contributed by atoms with Crippen molar-refractivity contribution in [3.8, 4) is 11.5 Å². The van der Waals surface area contributed by atoms with Crippen LogP contribution in [0.1, 0.15) is 15.9 Å². The van der Waals surface area contributed by atoms with E-state index in [4.69, 9.17) is 23.2 Å². The van der Waals surface area contributed by atoms with Crippen LogP contribution in [-0.4, -0.2) is 16.1 Å². The molecule has 0 heterocycles. The van der Waals surface area contributed by atoms with Gasteiger partial charge in [-0.3, -0.25) is 4.79 Å². The van der Waals surface area contributed by atoms with Crippen LogP contribution in [0.4, 0.5) is 5.69 Å². The van der Waals surface area contributed by atoms with Crippen molar-refractivity contribution in [1.29, 1.82) is 0 Å². The van der Waals surface area contributed by atoms with Gasteiger partial charge in [-0.15, -0.1) is 0 Å². The van der Waals surface area contributed by atoms with Crippen LogP contribution >= 0.6 is 23.2 Å². The smallest absolute Gasteiger partial charge is 0.256 e. The first kappa shape index (κ1) is 14.5. The molecule has 2 aromatic carbocycles. The van der Waals surface area contributed by atoms with Gasteiger partial charge in [0, 0.05) is 16.1 Å². The SMILES string of the molecule is Cc1c(O)cccc1C(=O)Nc1cc(Cl)cc(Cl)c1O. The van der Waals surface area contributed by atoms with Gasteiger partial charge >= 0.3 is 0 Å². The number of nitrogens with one attached hydrogen (secondary N) is 1. The molecule has 0 aliphatic heterocycles. The maximum absolute atomic E-state index is 12.1. The Balaban J connectivity index is 2.35. The van der Waals surface area contributed by atoms with E-state index in [-0.39, 0.29) is 27.2 Å². The van der Waals surface area contributed by atoms with Gasteiger partial charge in [-0.2, -0.15) is 0 Å². The Morgan fingerprint density at radius 1 is 1.20 bits per heavy atom. The average molecular weight is 312 g/mol. The minimum atomic E-state index is -0.480. The van der Waals surface area contributed by atoms with Crippen molar-refractivity contribution in [2.75, 3.05) is 5.32 Å². The molecule has 104 valence electrons. The van der Waals surface area contributed by atoms with E-state index in [1.165, 1.54) is 18.2 Å². The fourth-order valence-electron chi connectivity index (χ4n) is 1.72. The van der Waals surface area contributed by atoms with Gasteiger partial charge in [0.25, 0.3) is 5.91 Å². The number of aromatic hydroxyl groups is 2. The van der Waals surface area contributed by atoms with Gasteiger partial charge in [-0.1, -0.05) is 29.3 Å². The number of hydrogen-bond acceptors (Lipinski definition) is 3. The van der Waals surface area contributed by atoms with Gasteiger partial charge in [0.15, 0.2) is 5.75 Å². The Morgan fingerprint density at radius 3 is 2.60 bits per heavy atom. The number of rotatable bonds is 2. The Labute approximate surface area is 125 Å². The molecule has 1 amide bonds. The van der Waals surface area contributed by atoms with Crippen molar-refractivity contribution in [3.05, 3.63) is 51.5 Å². The molecule has 6 heteroatoms. The number of carbonyl (C=O) groups is 1. The number of carbonyl (C=O) groups excluding carboxylic acids is 1. The summed E-state index contributed by atoms with van der Waals surface area (Å²) in [6.45, 7) is 1.62. The number of hydrogen-bond donors (Lipinski definition) is 3. The van der Waals surface area contributed by atoms with Crippen molar-refractivity contribution < 1.29 is 15.0 Å². The number of amides is 1. The molecule has 4 nitrogen and oxygen atoms in total. The molecule has 0 saturated carbocycles. The molecule has 0 spiro atoms. The van der Waals surface area contributed by atoms with Crippen LogP contribution in [0.3, 0.4) is 0 Å². The standard InChI is InChI=1S/C14H11Cl2NO3/c1-7-9(3-2-4-12(7)18)14(20)17-11-6-8(15)5-10(16)13(11)19/h2-6,18-19H,1H3,(H,17,20). The highest BCUT2D eigenvalue weighted by atomic mass is 35.5. The summed E-state index contributed by atoms with van der Waals surface area (Å²) in [7, 11) is 0. The summed E-state index contributed by atoms with van der Waals surface area (Å²) in [5.41, 5.74) is 0.841. The topological polar surface area (TPSA) is 69.6 Å². The van der Waals surface area contributed by atoms with Crippen LogP contribution in [0.25, 0.3) is 0 Å². The lowest BCUT2D eigenvalue weighted by molar-refractivity contribution is 0.102. The molecule has 2 aromatic rings. The Morgan fingerprint density at radius 2 is 1.90 bits per heavy atom. The Hall–Kier alpha value is -1.91. The highest BCUT2D eigenvalue weighted by molar-refractivity contribution is 6.36.